The largest absolute Gasteiger partial charge is 0.418 e. The first-order valence-corrected chi connectivity index (χ1v) is 6.09. The van der Waals surface area contributed by atoms with Gasteiger partial charge < -0.3 is 15.8 Å². The van der Waals surface area contributed by atoms with Gasteiger partial charge in [0, 0.05) is 18.0 Å². The van der Waals surface area contributed by atoms with Crippen molar-refractivity contribution in [1.82, 2.24) is 0 Å². The highest BCUT2D eigenvalue weighted by atomic mass is 19.4. The van der Waals surface area contributed by atoms with E-state index in [1.165, 1.54) is 12.1 Å². The summed E-state index contributed by atoms with van der Waals surface area (Å²) >= 11 is 0. The normalized spacial score (nSPS) is 27.5. The number of halogens is 3. The van der Waals surface area contributed by atoms with Crippen LogP contribution in [0.15, 0.2) is 18.2 Å². The van der Waals surface area contributed by atoms with Crippen molar-refractivity contribution in [1.29, 1.82) is 0 Å². The summed E-state index contributed by atoms with van der Waals surface area (Å²) in [5.41, 5.74) is 4.33. The van der Waals surface area contributed by atoms with Gasteiger partial charge in [-0.2, -0.15) is 13.2 Å². The number of hydrogen-bond donors (Lipinski definition) is 2. The third-order valence-corrected chi connectivity index (χ3v) is 3.66. The highest BCUT2D eigenvalue weighted by molar-refractivity contribution is 5.60. The number of ether oxygens (including phenoxy) is 1. The van der Waals surface area contributed by atoms with Crippen molar-refractivity contribution in [2.75, 3.05) is 17.7 Å². The molecule has 0 radical (unpaired) electrons. The number of nitrogens with two attached hydrogens (primary N) is 1. The van der Waals surface area contributed by atoms with Crippen molar-refractivity contribution in [3.8, 4) is 0 Å². The lowest BCUT2D eigenvalue weighted by Crippen LogP contribution is -2.41. The first kappa shape index (κ1) is 14.0. The topological polar surface area (TPSA) is 47.3 Å². The van der Waals surface area contributed by atoms with Crippen LogP contribution in [0.3, 0.4) is 0 Å². The van der Waals surface area contributed by atoms with Gasteiger partial charge in [-0.1, -0.05) is 0 Å². The van der Waals surface area contributed by atoms with Crippen molar-refractivity contribution >= 4 is 11.4 Å². The van der Waals surface area contributed by atoms with Crippen molar-refractivity contribution in [2.45, 2.75) is 38.1 Å². The Labute approximate surface area is 109 Å². The van der Waals surface area contributed by atoms with Gasteiger partial charge in [0.15, 0.2) is 0 Å². The zero-order valence-corrected chi connectivity index (χ0v) is 10.8. The van der Waals surface area contributed by atoms with Gasteiger partial charge in [-0.05, 0) is 38.5 Å². The van der Waals surface area contributed by atoms with Crippen LogP contribution in [-0.2, 0) is 10.9 Å². The fraction of sp³-hybridized carbons (Fsp3) is 0.538. The molecule has 2 unspecified atom stereocenters. The SMILES string of the molecule is CC1OCCC1(C)Nc1ccc(N)cc1C(F)(F)F. The second-order valence-corrected chi connectivity index (χ2v) is 5.11. The maximum absolute atomic E-state index is 13.0. The number of benzene rings is 1. The molecule has 106 valence electrons. The minimum atomic E-state index is -4.43. The number of nitrogen functional groups attached to an aromatic ring is 1. The standard InChI is InChI=1S/C13H17F3N2O/c1-8-12(2,5-6-19-8)18-11-4-3-9(17)7-10(11)13(14,15)16/h3-4,7-8,18H,5-6,17H2,1-2H3. The maximum atomic E-state index is 13.0. The monoisotopic (exact) mass is 274 g/mol. The summed E-state index contributed by atoms with van der Waals surface area (Å²) in [6.07, 6.45) is -3.92. The van der Waals surface area contributed by atoms with Crippen molar-refractivity contribution in [2.24, 2.45) is 0 Å². The van der Waals surface area contributed by atoms with Crippen LogP contribution in [0.2, 0.25) is 0 Å². The van der Waals surface area contributed by atoms with E-state index in [0.717, 1.165) is 6.07 Å². The Morgan fingerprint density at radius 1 is 1.42 bits per heavy atom. The lowest BCUT2D eigenvalue weighted by atomic mass is 9.93. The first-order valence-electron chi connectivity index (χ1n) is 6.09. The molecule has 3 N–H and O–H groups in total. The molecule has 19 heavy (non-hydrogen) atoms. The summed E-state index contributed by atoms with van der Waals surface area (Å²) in [7, 11) is 0. The molecule has 3 nitrogen and oxygen atoms in total. The van der Waals surface area contributed by atoms with Crippen molar-refractivity contribution in [3.63, 3.8) is 0 Å². The maximum Gasteiger partial charge on any atom is 0.418 e. The molecule has 1 aromatic carbocycles. The summed E-state index contributed by atoms with van der Waals surface area (Å²) in [5.74, 6) is 0. The smallest absolute Gasteiger partial charge is 0.399 e. The Hall–Kier alpha value is -1.43. The molecule has 0 spiro atoms. The molecule has 2 atom stereocenters. The molecular weight excluding hydrogens is 257 g/mol. The molecular formula is C13H17F3N2O. The molecule has 1 fully saturated rings. The van der Waals surface area contributed by atoms with E-state index in [9.17, 15) is 13.2 Å². The zero-order chi connectivity index (χ0) is 14.3. The lowest BCUT2D eigenvalue weighted by Gasteiger charge is -2.31. The van der Waals surface area contributed by atoms with Crippen LogP contribution in [0.5, 0.6) is 0 Å². The van der Waals surface area contributed by atoms with Gasteiger partial charge in [-0.15, -0.1) is 0 Å². The van der Waals surface area contributed by atoms with Crippen LogP contribution >= 0.6 is 0 Å². The van der Waals surface area contributed by atoms with Crippen molar-refractivity contribution < 1.29 is 17.9 Å². The van der Waals surface area contributed by atoms with Gasteiger partial charge in [-0.3, -0.25) is 0 Å². The van der Waals surface area contributed by atoms with E-state index in [-0.39, 0.29) is 17.5 Å². The van der Waals surface area contributed by atoms with E-state index in [2.05, 4.69) is 5.32 Å². The highest BCUT2D eigenvalue weighted by Crippen LogP contribution is 2.39. The van der Waals surface area contributed by atoms with E-state index in [0.29, 0.717) is 13.0 Å². The Morgan fingerprint density at radius 3 is 2.63 bits per heavy atom. The summed E-state index contributed by atoms with van der Waals surface area (Å²) in [4.78, 5) is 0. The van der Waals surface area contributed by atoms with Gasteiger partial charge in [0.05, 0.1) is 17.2 Å². The van der Waals surface area contributed by atoms with E-state index in [4.69, 9.17) is 10.5 Å². The van der Waals surface area contributed by atoms with Gasteiger partial charge >= 0.3 is 6.18 Å². The summed E-state index contributed by atoms with van der Waals surface area (Å²) in [6.45, 7) is 4.26. The van der Waals surface area contributed by atoms with E-state index in [1.54, 1.807) is 0 Å². The third-order valence-electron chi connectivity index (χ3n) is 3.66. The first-order chi connectivity index (χ1) is 8.72. The minimum Gasteiger partial charge on any atom is -0.399 e. The van der Waals surface area contributed by atoms with Crippen molar-refractivity contribution in [3.05, 3.63) is 23.8 Å². The van der Waals surface area contributed by atoms with Crippen LogP contribution in [0.4, 0.5) is 24.5 Å². The summed E-state index contributed by atoms with van der Waals surface area (Å²) in [6, 6.07) is 3.78. The molecule has 1 heterocycles. The fourth-order valence-corrected chi connectivity index (χ4v) is 2.21. The van der Waals surface area contributed by atoms with Gasteiger partial charge in [0.1, 0.15) is 0 Å². The number of nitrogens with one attached hydrogen (secondary N) is 1. The average molecular weight is 274 g/mol. The number of hydrogen-bond acceptors (Lipinski definition) is 3. The average Bonchev–Trinajstić information content (AvgIpc) is 2.60. The van der Waals surface area contributed by atoms with Gasteiger partial charge in [-0.25, -0.2) is 0 Å². The van der Waals surface area contributed by atoms with Crippen LogP contribution in [-0.4, -0.2) is 18.2 Å². The van der Waals surface area contributed by atoms with E-state index < -0.39 is 17.3 Å². The Bertz CT molecular complexity index is 475. The molecule has 0 aromatic heterocycles. The van der Waals surface area contributed by atoms with Crippen LogP contribution in [0, 0.1) is 0 Å². The fourth-order valence-electron chi connectivity index (χ4n) is 2.21. The van der Waals surface area contributed by atoms with Crippen LogP contribution < -0.4 is 11.1 Å². The predicted molar refractivity (Wildman–Crippen MR) is 67.9 cm³/mol. The molecule has 1 saturated heterocycles. The molecule has 6 heteroatoms. The Morgan fingerprint density at radius 2 is 2.11 bits per heavy atom. The predicted octanol–water partition coefficient (Wildman–Crippen LogP) is 3.27. The quantitative estimate of drug-likeness (QED) is 0.814. The molecule has 0 aliphatic carbocycles. The number of rotatable bonds is 2. The van der Waals surface area contributed by atoms with E-state index >= 15 is 0 Å². The second kappa shape index (κ2) is 4.59. The zero-order valence-electron chi connectivity index (χ0n) is 10.8. The summed E-state index contributed by atoms with van der Waals surface area (Å²) in [5, 5.41) is 2.97. The number of anilines is 2. The van der Waals surface area contributed by atoms with Crippen LogP contribution in [0.25, 0.3) is 0 Å². The highest BCUT2D eigenvalue weighted by Gasteiger charge is 2.40. The molecule has 0 saturated carbocycles. The lowest BCUT2D eigenvalue weighted by molar-refractivity contribution is -0.137. The third kappa shape index (κ3) is 2.78. The molecule has 0 amide bonds. The Kier molecular flexibility index (Phi) is 3.38. The molecule has 1 aromatic rings. The number of alkyl halides is 3. The Balaban J connectivity index is 2.35. The van der Waals surface area contributed by atoms with Gasteiger partial charge in [0.25, 0.3) is 0 Å². The van der Waals surface area contributed by atoms with Gasteiger partial charge in [0.2, 0.25) is 0 Å². The van der Waals surface area contributed by atoms with Crippen LogP contribution in [0.1, 0.15) is 25.8 Å². The minimum absolute atomic E-state index is 0.0431. The molecule has 2 rings (SSSR count). The molecule has 0 bridgehead atoms. The molecule has 1 aliphatic rings. The summed E-state index contributed by atoms with van der Waals surface area (Å²) < 4.78 is 44.4. The molecule has 1 aliphatic heterocycles. The second-order valence-electron chi connectivity index (χ2n) is 5.11. The van der Waals surface area contributed by atoms with E-state index in [1.807, 2.05) is 13.8 Å².